The van der Waals surface area contributed by atoms with Crippen molar-refractivity contribution in [2.45, 2.75) is 53.0 Å². The summed E-state index contributed by atoms with van der Waals surface area (Å²) in [6.45, 7) is 5.23. The zero-order chi connectivity index (χ0) is 22.5. The Hall–Kier alpha value is -3.54. The molecule has 6 heteroatoms. The molecule has 32 heavy (non-hydrogen) atoms. The number of benzene rings is 2. The summed E-state index contributed by atoms with van der Waals surface area (Å²) in [5.41, 5.74) is 4.37. The van der Waals surface area contributed by atoms with Crippen LogP contribution < -0.4 is 0 Å². The highest BCUT2D eigenvalue weighted by Gasteiger charge is 2.11. The van der Waals surface area contributed by atoms with Gasteiger partial charge in [-0.15, -0.1) is 0 Å². The van der Waals surface area contributed by atoms with E-state index in [4.69, 9.17) is 9.47 Å². The Morgan fingerprint density at radius 2 is 1.09 bits per heavy atom. The van der Waals surface area contributed by atoms with Gasteiger partial charge in [-0.2, -0.15) is 0 Å². The maximum absolute atomic E-state index is 11.2. The molecule has 0 radical (unpaired) electrons. The molecule has 0 aliphatic heterocycles. The van der Waals surface area contributed by atoms with E-state index in [1.807, 2.05) is 24.3 Å². The maximum Gasteiger partial charge on any atom is 0.302 e. The van der Waals surface area contributed by atoms with Crippen molar-refractivity contribution in [1.29, 1.82) is 0 Å². The van der Waals surface area contributed by atoms with Crippen molar-refractivity contribution in [1.82, 2.24) is 9.13 Å². The summed E-state index contributed by atoms with van der Waals surface area (Å²) in [4.78, 5) is 22.4. The lowest BCUT2D eigenvalue weighted by Crippen LogP contribution is -2.01. The Balaban J connectivity index is 1.43. The van der Waals surface area contributed by atoms with E-state index in [0.29, 0.717) is 13.2 Å². The molecule has 0 atom stereocenters. The molecular formula is C26H28N2O4. The molecule has 0 amide bonds. The lowest BCUT2D eigenvalue weighted by atomic mass is 10.2. The SMILES string of the molecule is CC(=O)OCc1cn(CCCCn2cc(COC(C)=O)c3ccccc32)c2ccccc12. The number of carbonyl (C=O) groups excluding carboxylic acids is 2. The van der Waals surface area contributed by atoms with Crippen LogP contribution in [0, 0.1) is 0 Å². The van der Waals surface area contributed by atoms with E-state index in [0.717, 1.165) is 58.9 Å². The average molecular weight is 433 g/mol. The van der Waals surface area contributed by atoms with Gasteiger partial charge in [0.25, 0.3) is 0 Å². The first-order chi connectivity index (χ1) is 15.5. The minimum Gasteiger partial charge on any atom is -0.461 e. The second kappa shape index (κ2) is 9.73. The first-order valence-corrected chi connectivity index (χ1v) is 10.9. The maximum atomic E-state index is 11.2. The van der Waals surface area contributed by atoms with Gasteiger partial charge in [0, 0.05) is 72.3 Å². The van der Waals surface area contributed by atoms with Crippen molar-refractivity contribution < 1.29 is 19.1 Å². The minimum atomic E-state index is -0.270. The van der Waals surface area contributed by atoms with Gasteiger partial charge in [0.15, 0.2) is 0 Å². The fourth-order valence-corrected chi connectivity index (χ4v) is 4.17. The van der Waals surface area contributed by atoms with E-state index < -0.39 is 0 Å². The predicted molar refractivity (Wildman–Crippen MR) is 124 cm³/mol. The first-order valence-electron chi connectivity index (χ1n) is 10.9. The number of nitrogens with zero attached hydrogens (tertiary/aromatic N) is 2. The van der Waals surface area contributed by atoms with Crippen LogP contribution in [0.1, 0.15) is 37.8 Å². The third-order valence-corrected chi connectivity index (χ3v) is 5.65. The summed E-state index contributed by atoms with van der Waals surface area (Å²) < 4.78 is 14.9. The minimum absolute atomic E-state index is 0.270. The third kappa shape index (κ3) is 4.85. The molecule has 0 saturated carbocycles. The molecule has 2 aromatic heterocycles. The van der Waals surface area contributed by atoms with Crippen molar-refractivity contribution in [2.75, 3.05) is 0 Å². The summed E-state index contributed by atoms with van der Waals surface area (Å²) in [6.07, 6.45) is 6.21. The van der Waals surface area contributed by atoms with Crippen molar-refractivity contribution in [3.8, 4) is 0 Å². The van der Waals surface area contributed by atoms with Crippen molar-refractivity contribution in [3.63, 3.8) is 0 Å². The van der Waals surface area contributed by atoms with Gasteiger partial charge in [-0.1, -0.05) is 36.4 Å². The highest BCUT2D eigenvalue weighted by atomic mass is 16.5. The van der Waals surface area contributed by atoms with Gasteiger partial charge in [0.1, 0.15) is 13.2 Å². The van der Waals surface area contributed by atoms with Crippen LogP contribution in [0.4, 0.5) is 0 Å². The molecule has 166 valence electrons. The van der Waals surface area contributed by atoms with Gasteiger partial charge in [-0.3, -0.25) is 9.59 Å². The van der Waals surface area contributed by atoms with Crippen molar-refractivity contribution >= 4 is 33.7 Å². The van der Waals surface area contributed by atoms with E-state index in [1.54, 1.807) is 0 Å². The smallest absolute Gasteiger partial charge is 0.302 e. The summed E-state index contributed by atoms with van der Waals surface area (Å²) in [5.74, 6) is -0.539. The van der Waals surface area contributed by atoms with Crippen molar-refractivity contribution in [3.05, 3.63) is 72.1 Å². The Morgan fingerprint density at radius 3 is 1.50 bits per heavy atom. The van der Waals surface area contributed by atoms with Gasteiger partial charge >= 0.3 is 11.9 Å². The number of ether oxygens (including phenoxy) is 2. The number of carbonyl (C=O) groups is 2. The Kier molecular flexibility index (Phi) is 6.59. The Morgan fingerprint density at radius 1 is 0.688 bits per heavy atom. The summed E-state index contributed by atoms with van der Waals surface area (Å²) >= 11 is 0. The van der Waals surface area contributed by atoms with Gasteiger partial charge in [-0.25, -0.2) is 0 Å². The number of hydrogen-bond donors (Lipinski definition) is 0. The Labute approximate surface area is 187 Å². The fraction of sp³-hybridized carbons (Fsp3) is 0.308. The molecule has 0 spiro atoms. The number of fused-ring (bicyclic) bond motifs is 2. The molecule has 0 aliphatic carbocycles. The van der Waals surface area contributed by atoms with E-state index in [2.05, 4.69) is 45.8 Å². The normalized spacial score (nSPS) is 11.2. The average Bonchev–Trinajstić information content (AvgIpc) is 3.32. The number of aryl methyl sites for hydroxylation is 2. The lowest BCUT2D eigenvalue weighted by Gasteiger charge is -2.07. The van der Waals surface area contributed by atoms with Crippen LogP contribution in [0.3, 0.4) is 0 Å². The number of unbranched alkanes of at least 4 members (excludes halogenated alkanes) is 1. The summed E-state index contributed by atoms with van der Waals surface area (Å²) in [6, 6.07) is 16.4. The quantitative estimate of drug-likeness (QED) is 0.269. The van der Waals surface area contributed by atoms with Gasteiger partial charge in [-0.05, 0) is 25.0 Å². The first kappa shape index (κ1) is 21.7. The summed E-state index contributed by atoms with van der Waals surface area (Å²) in [7, 11) is 0. The lowest BCUT2D eigenvalue weighted by molar-refractivity contribution is -0.143. The monoisotopic (exact) mass is 432 g/mol. The highest BCUT2D eigenvalue weighted by molar-refractivity contribution is 5.85. The molecular weight excluding hydrogens is 404 g/mol. The molecule has 4 rings (SSSR count). The van der Waals surface area contributed by atoms with Crippen LogP contribution in [0.5, 0.6) is 0 Å². The molecule has 0 aliphatic rings. The zero-order valence-corrected chi connectivity index (χ0v) is 18.5. The molecule has 2 heterocycles. The van der Waals surface area contributed by atoms with Gasteiger partial charge < -0.3 is 18.6 Å². The van der Waals surface area contributed by atoms with Crippen LogP contribution in [0.15, 0.2) is 60.9 Å². The molecule has 6 nitrogen and oxygen atoms in total. The van der Waals surface area contributed by atoms with E-state index >= 15 is 0 Å². The molecule has 4 aromatic rings. The molecule has 0 fully saturated rings. The number of hydrogen-bond acceptors (Lipinski definition) is 4. The van der Waals surface area contributed by atoms with Crippen LogP contribution in [0.25, 0.3) is 21.8 Å². The third-order valence-electron chi connectivity index (χ3n) is 5.65. The zero-order valence-electron chi connectivity index (χ0n) is 18.5. The Bertz CT molecular complexity index is 1150. The summed E-state index contributed by atoms with van der Waals surface area (Å²) in [5, 5.41) is 2.25. The molecule has 0 N–H and O–H groups in total. The second-order valence-electron chi connectivity index (χ2n) is 8.00. The van der Waals surface area contributed by atoms with Crippen molar-refractivity contribution in [2.24, 2.45) is 0 Å². The second-order valence-corrected chi connectivity index (χ2v) is 8.00. The topological polar surface area (TPSA) is 62.5 Å². The largest absolute Gasteiger partial charge is 0.461 e. The highest BCUT2D eigenvalue weighted by Crippen LogP contribution is 2.24. The van der Waals surface area contributed by atoms with Crippen LogP contribution in [-0.2, 0) is 45.4 Å². The van der Waals surface area contributed by atoms with Crippen LogP contribution >= 0.6 is 0 Å². The predicted octanol–water partition coefficient (Wildman–Crippen LogP) is 5.20. The van der Waals surface area contributed by atoms with Gasteiger partial charge in [0.2, 0.25) is 0 Å². The van der Waals surface area contributed by atoms with E-state index in [-0.39, 0.29) is 11.9 Å². The number of para-hydroxylation sites is 2. The van der Waals surface area contributed by atoms with E-state index in [9.17, 15) is 9.59 Å². The van der Waals surface area contributed by atoms with Crippen LogP contribution in [0.2, 0.25) is 0 Å². The van der Waals surface area contributed by atoms with E-state index in [1.165, 1.54) is 13.8 Å². The van der Waals surface area contributed by atoms with Crippen LogP contribution in [-0.4, -0.2) is 21.1 Å². The molecule has 0 saturated heterocycles. The fourth-order valence-electron chi connectivity index (χ4n) is 4.17. The molecule has 2 aromatic carbocycles. The molecule has 0 unspecified atom stereocenters. The number of rotatable bonds is 9. The van der Waals surface area contributed by atoms with Gasteiger partial charge in [0.05, 0.1) is 0 Å². The number of aromatic nitrogens is 2. The number of esters is 2. The standard InChI is InChI=1S/C26H28N2O4/c1-19(29)31-17-21-15-27(25-11-5-3-9-23(21)25)13-7-8-14-28-16-22(18-32-20(2)30)24-10-4-6-12-26(24)28/h3-6,9-12,15-16H,7-8,13-14,17-18H2,1-2H3. The molecule has 0 bridgehead atoms.